The van der Waals surface area contributed by atoms with E-state index in [0.717, 1.165) is 6.42 Å². The minimum absolute atomic E-state index is 0.0182. The van der Waals surface area contributed by atoms with Gasteiger partial charge >= 0.3 is 0 Å². The van der Waals surface area contributed by atoms with E-state index in [9.17, 15) is 5.11 Å². The molecule has 0 radical (unpaired) electrons. The topological polar surface area (TPSA) is 29.5 Å². The second kappa shape index (κ2) is 7.51. The molecular formula is C23H30O2Si. The van der Waals surface area contributed by atoms with Crippen molar-refractivity contribution in [1.82, 2.24) is 0 Å². The summed E-state index contributed by atoms with van der Waals surface area (Å²) in [4.78, 5) is 0. The highest BCUT2D eigenvalue weighted by molar-refractivity contribution is 6.99. The van der Waals surface area contributed by atoms with E-state index in [1.54, 1.807) is 0 Å². The van der Waals surface area contributed by atoms with Gasteiger partial charge in [0.15, 0.2) is 0 Å². The van der Waals surface area contributed by atoms with Crippen LogP contribution < -0.4 is 10.4 Å². The van der Waals surface area contributed by atoms with Crippen LogP contribution in [0.15, 0.2) is 72.8 Å². The van der Waals surface area contributed by atoms with Gasteiger partial charge in [-0.05, 0) is 27.8 Å². The molecule has 3 atom stereocenters. The zero-order valence-corrected chi connectivity index (χ0v) is 17.2. The summed E-state index contributed by atoms with van der Waals surface area (Å²) in [5.74, 6) is 0.289. The predicted molar refractivity (Wildman–Crippen MR) is 111 cm³/mol. The minimum atomic E-state index is -2.53. The Labute approximate surface area is 158 Å². The molecule has 138 valence electrons. The van der Waals surface area contributed by atoms with Crippen molar-refractivity contribution >= 4 is 18.7 Å². The van der Waals surface area contributed by atoms with E-state index in [4.69, 9.17) is 4.43 Å². The lowest BCUT2D eigenvalue weighted by molar-refractivity contribution is 0.108. The Kier molecular flexibility index (Phi) is 5.52. The summed E-state index contributed by atoms with van der Waals surface area (Å²) in [5, 5.41) is 12.5. The van der Waals surface area contributed by atoms with Crippen LogP contribution >= 0.6 is 0 Å². The van der Waals surface area contributed by atoms with E-state index < -0.39 is 8.32 Å². The fourth-order valence-electron chi connectivity index (χ4n) is 4.07. The van der Waals surface area contributed by atoms with Crippen LogP contribution in [0.2, 0.25) is 5.04 Å². The molecule has 0 saturated heterocycles. The van der Waals surface area contributed by atoms with Crippen LogP contribution in [-0.4, -0.2) is 25.6 Å². The van der Waals surface area contributed by atoms with Gasteiger partial charge in [-0.1, -0.05) is 101 Å². The third-order valence-corrected chi connectivity index (χ3v) is 10.5. The van der Waals surface area contributed by atoms with Crippen LogP contribution in [-0.2, 0) is 4.43 Å². The van der Waals surface area contributed by atoms with Crippen LogP contribution in [0.5, 0.6) is 0 Å². The lowest BCUT2D eigenvalue weighted by Gasteiger charge is -2.46. The number of rotatable bonds is 4. The third-order valence-electron chi connectivity index (χ3n) is 5.43. The van der Waals surface area contributed by atoms with Gasteiger partial charge in [-0.2, -0.15) is 0 Å². The number of benzene rings is 2. The maximum atomic E-state index is 9.96. The molecule has 2 aromatic carbocycles. The van der Waals surface area contributed by atoms with E-state index in [-0.39, 0.29) is 23.2 Å². The zero-order valence-electron chi connectivity index (χ0n) is 16.2. The second-order valence-corrected chi connectivity index (χ2v) is 12.7. The highest BCUT2D eigenvalue weighted by Crippen LogP contribution is 2.39. The molecule has 2 nitrogen and oxygen atoms in total. The normalized spacial score (nSPS) is 23.8. The monoisotopic (exact) mass is 366 g/mol. The molecule has 0 spiro atoms. The van der Waals surface area contributed by atoms with Crippen molar-refractivity contribution in [1.29, 1.82) is 0 Å². The van der Waals surface area contributed by atoms with Gasteiger partial charge < -0.3 is 9.53 Å². The van der Waals surface area contributed by atoms with Crippen molar-refractivity contribution in [2.45, 2.75) is 51.4 Å². The average Bonchev–Trinajstić information content (AvgIpc) is 2.62. The first-order valence-corrected chi connectivity index (χ1v) is 11.4. The molecule has 0 heterocycles. The van der Waals surface area contributed by atoms with Crippen molar-refractivity contribution < 1.29 is 9.53 Å². The van der Waals surface area contributed by atoms with E-state index in [2.05, 4.69) is 94.4 Å². The highest BCUT2D eigenvalue weighted by atomic mass is 28.4. The largest absolute Gasteiger partial charge is 0.401 e. The molecule has 0 bridgehead atoms. The van der Waals surface area contributed by atoms with Crippen LogP contribution in [0.3, 0.4) is 0 Å². The van der Waals surface area contributed by atoms with Crippen molar-refractivity contribution in [3.63, 3.8) is 0 Å². The minimum Gasteiger partial charge on any atom is -0.401 e. The number of hydrogen-bond acceptors (Lipinski definition) is 2. The maximum absolute atomic E-state index is 9.96. The zero-order chi connectivity index (χ0) is 18.8. The molecule has 2 aromatic rings. The molecule has 0 amide bonds. The van der Waals surface area contributed by atoms with Crippen molar-refractivity contribution in [3.8, 4) is 0 Å². The summed E-state index contributed by atoms with van der Waals surface area (Å²) in [6, 6.07) is 21.4. The number of hydrogen-bond donors (Lipinski definition) is 1. The van der Waals surface area contributed by atoms with E-state index in [0.29, 0.717) is 0 Å². The summed E-state index contributed by atoms with van der Waals surface area (Å²) in [7, 11) is -2.53. The summed E-state index contributed by atoms with van der Waals surface area (Å²) in [6.07, 6.45) is 4.37. The van der Waals surface area contributed by atoms with Gasteiger partial charge in [0.05, 0.1) is 12.2 Å². The van der Waals surface area contributed by atoms with E-state index in [1.165, 1.54) is 10.4 Å². The van der Waals surface area contributed by atoms with Crippen LogP contribution in [0.25, 0.3) is 0 Å². The standard InChI is InChI=1S/C23H30O2Si/c1-18-17-19(24)15-16-22(18)25-26(23(2,3)4,20-11-7-5-8-12-20)21-13-9-6-10-14-21/h5-16,18-19,22,24H,17H2,1-4H3/t18-,19-,22-/m0/s1. The summed E-state index contributed by atoms with van der Waals surface area (Å²) >= 11 is 0. The quantitative estimate of drug-likeness (QED) is 0.657. The fourth-order valence-corrected chi connectivity index (χ4v) is 8.81. The van der Waals surface area contributed by atoms with Gasteiger partial charge in [0.2, 0.25) is 0 Å². The Balaban J connectivity index is 2.16. The maximum Gasteiger partial charge on any atom is 0.261 e. The smallest absolute Gasteiger partial charge is 0.261 e. The first-order chi connectivity index (χ1) is 12.3. The molecule has 0 aliphatic heterocycles. The van der Waals surface area contributed by atoms with E-state index >= 15 is 0 Å². The summed E-state index contributed by atoms with van der Waals surface area (Å²) < 4.78 is 7.12. The van der Waals surface area contributed by atoms with Gasteiger partial charge in [-0.25, -0.2) is 0 Å². The Morgan fingerprint density at radius 2 is 1.38 bits per heavy atom. The summed E-state index contributed by atoms with van der Waals surface area (Å²) in [6.45, 7) is 9.07. The molecule has 26 heavy (non-hydrogen) atoms. The Hall–Kier alpha value is -1.68. The second-order valence-electron chi connectivity index (χ2n) is 8.41. The van der Waals surface area contributed by atoms with Crippen molar-refractivity contribution in [2.24, 2.45) is 5.92 Å². The third kappa shape index (κ3) is 3.57. The van der Waals surface area contributed by atoms with Crippen molar-refractivity contribution in [2.75, 3.05) is 0 Å². The van der Waals surface area contributed by atoms with Crippen molar-refractivity contribution in [3.05, 3.63) is 72.8 Å². The van der Waals surface area contributed by atoms with Gasteiger partial charge in [-0.15, -0.1) is 0 Å². The highest BCUT2D eigenvalue weighted by Gasteiger charge is 2.51. The Morgan fingerprint density at radius 1 is 0.885 bits per heavy atom. The van der Waals surface area contributed by atoms with Gasteiger partial charge in [0, 0.05) is 0 Å². The Bertz CT molecular complexity index is 694. The average molecular weight is 367 g/mol. The SMILES string of the molecule is C[C@H]1C[C@@H](O)C=C[C@@H]1O[Si](c1ccccc1)(c1ccccc1)C(C)(C)C. The van der Waals surface area contributed by atoms with E-state index in [1.807, 2.05) is 6.08 Å². The molecule has 3 rings (SSSR count). The fraction of sp³-hybridized carbons (Fsp3) is 0.391. The van der Waals surface area contributed by atoms with Crippen LogP contribution in [0, 0.1) is 5.92 Å². The predicted octanol–water partition coefficient (Wildman–Crippen LogP) is 3.89. The van der Waals surface area contributed by atoms with Crippen LogP contribution in [0.4, 0.5) is 0 Å². The van der Waals surface area contributed by atoms with Crippen LogP contribution in [0.1, 0.15) is 34.1 Å². The van der Waals surface area contributed by atoms with Gasteiger partial charge in [0.1, 0.15) is 0 Å². The molecule has 1 aliphatic rings. The lowest BCUT2D eigenvalue weighted by atomic mass is 9.92. The molecule has 1 N–H and O–H groups in total. The molecule has 0 fully saturated rings. The Morgan fingerprint density at radius 3 is 1.81 bits per heavy atom. The lowest BCUT2D eigenvalue weighted by Crippen LogP contribution is -2.68. The van der Waals surface area contributed by atoms with Gasteiger partial charge in [-0.3, -0.25) is 0 Å². The first-order valence-electron chi connectivity index (χ1n) is 9.50. The van der Waals surface area contributed by atoms with Gasteiger partial charge in [0.25, 0.3) is 8.32 Å². The molecule has 0 saturated carbocycles. The molecule has 0 aromatic heterocycles. The molecule has 1 aliphatic carbocycles. The summed E-state index contributed by atoms with van der Waals surface area (Å²) in [5.41, 5.74) is 0. The first kappa shape index (κ1) is 19.1. The molecule has 3 heteroatoms. The number of aliphatic hydroxyl groups excluding tert-OH is 1. The molecular weight excluding hydrogens is 336 g/mol. The number of aliphatic hydroxyl groups is 1. The molecule has 0 unspecified atom stereocenters.